The minimum absolute atomic E-state index is 0.0819. The molecule has 0 spiro atoms. The van der Waals surface area contributed by atoms with Gasteiger partial charge in [-0.05, 0) is 36.7 Å². The quantitative estimate of drug-likeness (QED) is 0.789. The van der Waals surface area contributed by atoms with Crippen LogP contribution in [0.15, 0.2) is 34.9 Å². The zero-order chi connectivity index (χ0) is 14.5. The molecule has 20 heavy (non-hydrogen) atoms. The van der Waals surface area contributed by atoms with Crippen LogP contribution in [-0.4, -0.2) is 6.54 Å². The number of rotatable bonds is 6. The summed E-state index contributed by atoms with van der Waals surface area (Å²) in [6, 6.07) is 7.87. The standard InChI is InChI=1S/C16H19Cl2NO/c1-3-8-19-16(12-7-9-20-15(12)4-2)11-5-6-13(17)14(18)10-11/h5-7,9-10,16,19H,3-4,8H2,1-2H3. The van der Waals surface area contributed by atoms with Crippen LogP contribution in [0.25, 0.3) is 0 Å². The van der Waals surface area contributed by atoms with Gasteiger partial charge in [0, 0.05) is 12.0 Å². The highest BCUT2D eigenvalue weighted by Gasteiger charge is 2.19. The average Bonchev–Trinajstić information content (AvgIpc) is 2.91. The minimum Gasteiger partial charge on any atom is -0.469 e. The van der Waals surface area contributed by atoms with Crippen molar-refractivity contribution in [2.24, 2.45) is 0 Å². The first-order valence-corrected chi connectivity index (χ1v) is 7.67. The Morgan fingerprint density at radius 2 is 1.95 bits per heavy atom. The molecule has 1 atom stereocenters. The molecule has 0 saturated carbocycles. The third kappa shape index (κ3) is 3.38. The van der Waals surface area contributed by atoms with Gasteiger partial charge in [-0.25, -0.2) is 0 Å². The summed E-state index contributed by atoms with van der Waals surface area (Å²) >= 11 is 12.1. The summed E-state index contributed by atoms with van der Waals surface area (Å²) in [6.45, 7) is 5.17. The molecule has 0 radical (unpaired) electrons. The van der Waals surface area contributed by atoms with E-state index in [9.17, 15) is 0 Å². The number of nitrogens with one attached hydrogen (secondary N) is 1. The number of hydrogen-bond donors (Lipinski definition) is 1. The summed E-state index contributed by atoms with van der Waals surface area (Å²) < 4.78 is 5.55. The predicted molar refractivity (Wildman–Crippen MR) is 84.7 cm³/mol. The Bertz CT molecular complexity index is 565. The molecule has 1 unspecified atom stereocenters. The lowest BCUT2D eigenvalue weighted by Crippen LogP contribution is -2.23. The monoisotopic (exact) mass is 311 g/mol. The Balaban J connectivity index is 2.38. The molecule has 0 aliphatic heterocycles. The molecule has 2 aromatic rings. The molecule has 1 heterocycles. The van der Waals surface area contributed by atoms with E-state index in [1.54, 1.807) is 6.26 Å². The second kappa shape index (κ2) is 7.16. The van der Waals surface area contributed by atoms with Gasteiger partial charge >= 0.3 is 0 Å². The molecule has 108 valence electrons. The van der Waals surface area contributed by atoms with E-state index in [2.05, 4.69) is 19.2 Å². The highest BCUT2D eigenvalue weighted by atomic mass is 35.5. The van der Waals surface area contributed by atoms with Crippen LogP contribution in [0, 0.1) is 0 Å². The van der Waals surface area contributed by atoms with E-state index < -0.39 is 0 Å². The van der Waals surface area contributed by atoms with Gasteiger partial charge in [-0.1, -0.05) is 43.1 Å². The van der Waals surface area contributed by atoms with Gasteiger partial charge in [0.2, 0.25) is 0 Å². The molecular formula is C16H19Cl2NO. The third-order valence-electron chi connectivity index (χ3n) is 3.29. The van der Waals surface area contributed by atoms with Crippen LogP contribution in [-0.2, 0) is 6.42 Å². The third-order valence-corrected chi connectivity index (χ3v) is 4.03. The van der Waals surface area contributed by atoms with Crippen molar-refractivity contribution in [1.82, 2.24) is 5.32 Å². The van der Waals surface area contributed by atoms with Gasteiger partial charge < -0.3 is 9.73 Å². The first kappa shape index (κ1) is 15.4. The zero-order valence-electron chi connectivity index (χ0n) is 11.7. The summed E-state index contributed by atoms with van der Waals surface area (Å²) in [6.07, 6.45) is 3.68. The Kier molecular flexibility index (Phi) is 5.53. The lowest BCUT2D eigenvalue weighted by Gasteiger charge is -2.19. The molecule has 2 rings (SSSR count). The molecule has 0 fully saturated rings. The largest absolute Gasteiger partial charge is 0.469 e. The molecule has 0 amide bonds. The van der Waals surface area contributed by atoms with E-state index in [4.69, 9.17) is 27.6 Å². The van der Waals surface area contributed by atoms with Gasteiger partial charge in [0.05, 0.1) is 22.4 Å². The maximum atomic E-state index is 6.14. The van der Waals surface area contributed by atoms with Crippen LogP contribution in [0.3, 0.4) is 0 Å². The minimum atomic E-state index is 0.0819. The van der Waals surface area contributed by atoms with Crippen molar-refractivity contribution in [2.75, 3.05) is 6.54 Å². The van der Waals surface area contributed by atoms with E-state index >= 15 is 0 Å². The fourth-order valence-corrected chi connectivity index (χ4v) is 2.59. The fraction of sp³-hybridized carbons (Fsp3) is 0.375. The molecular weight excluding hydrogens is 293 g/mol. The van der Waals surface area contributed by atoms with Gasteiger partial charge in [-0.15, -0.1) is 0 Å². The summed E-state index contributed by atoms with van der Waals surface area (Å²) in [4.78, 5) is 0. The van der Waals surface area contributed by atoms with Crippen molar-refractivity contribution in [3.8, 4) is 0 Å². The number of benzene rings is 1. The number of aryl methyl sites for hydroxylation is 1. The zero-order valence-corrected chi connectivity index (χ0v) is 13.3. The molecule has 0 saturated heterocycles. The molecule has 0 aliphatic rings. The Hall–Kier alpha value is -0.960. The van der Waals surface area contributed by atoms with Gasteiger partial charge in [0.25, 0.3) is 0 Å². The Morgan fingerprint density at radius 1 is 1.15 bits per heavy atom. The van der Waals surface area contributed by atoms with Crippen LogP contribution < -0.4 is 5.32 Å². The average molecular weight is 312 g/mol. The lowest BCUT2D eigenvalue weighted by atomic mass is 9.98. The van der Waals surface area contributed by atoms with E-state index in [0.717, 1.165) is 30.7 Å². The van der Waals surface area contributed by atoms with Gasteiger partial charge in [0.15, 0.2) is 0 Å². The lowest BCUT2D eigenvalue weighted by molar-refractivity contribution is 0.500. The summed E-state index contributed by atoms with van der Waals surface area (Å²) in [5, 5.41) is 4.70. The fourth-order valence-electron chi connectivity index (χ4n) is 2.28. The van der Waals surface area contributed by atoms with Gasteiger partial charge in [0.1, 0.15) is 5.76 Å². The van der Waals surface area contributed by atoms with Crippen LogP contribution in [0.2, 0.25) is 10.0 Å². The van der Waals surface area contributed by atoms with Crippen molar-refractivity contribution < 1.29 is 4.42 Å². The Labute approximate surface area is 130 Å². The van der Waals surface area contributed by atoms with Crippen molar-refractivity contribution in [3.05, 3.63) is 57.5 Å². The normalized spacial score (nSPS) is 12.6. The second-order valence-corrected chi connectivity index (χ2v) is 5.53. The number of halogens is 2. The van der Waals surface area contributed by atoms with Crippen molar-refractivity contribution in [1.29, 1.82) is 0 Å². The molecule has 0 aliphatic carbocycles. The van der Waals surface area contributed by atoms with Crippen LogP contribution in [0.1, 0.15) is 43.2 Å². The Morgan fingerprint density at radius 3 is 2.60 bits per heavy atom. The first-order chi connectivity index (χ1) is 9.67. The molecule has 0 bridgehead atoms. The number of furan rings is 1. The molecule has 4 heteroatoms. The van der Waals surface area contributed by atoms with Crippen LogP contribution in [0.5, 0.6) is 0 Å². The van der Waals surface area contributed by atoms with Gasteiger partial charge in [-0.3, -0.25) is 0 Å². The van der Waals surface area contributed by atoms with E-state index in [-0.39, 0.29) is 6.04 Å². The van der Waals surface area contributed by atoms with E-state index in [1.165, 1.54) is 5.56 Å². The topological polar surface area (TPSA) is 25.2 Å². The number of hydrogen-bond acceptors (Lipinski definition) is 2. The molecule has 2 nitrogen and oxygen atoms in total. The summed E-state index contributed by atoms with van der Waals surface area (Å²) in [7, 11) is 0. The summed E-state index contributed by atoms with van der Waals surface area (Å²) in [5.41, 5.74) is 2.27. The maximum absolute atomic E-state index is 6.14. The smallest absolute Gasteiger partial charge is 0.108 e. The van der Waals surface area contributed by atoms with Crippen molar-refractivity contribution in [3.63, 3.8) is 0 Å². The van der Waals surface area contributed by atoms with Crippen LogP contribution in [0.4, 0.5) is 0 Å². The highest BCUT2D eigenvalue weighted by Crippen LogP contribution is 2.31. The van der Waals surface area contributed by atoms with Gasteiger partial charge in [-0.2, -0.15) is 0 Å². The van der Waals surface area contributed by atoms with E-state index in [1.807, 2.05) is 24.3 Å². The molecule has 1 aromatic carbocycles. The predicted octanol–water partition coefficient (Wildman–Crippen LogP) is 5.24. The summed E-state index contributed by atoms with van der Waals surface area (Å²) in [5.74, 6) is 1.00. The van der Waals surface area contributed by atoms with Crippen LogP contribution >= 0.6 is 23.2 Å². The van der Waals surface area contributed by atoms with Crippen molar-refractivity contribution in [2.45, 2.75) is 32.7 Å². The second-order valence-electron chi connectivity index (χ2n) is 4.71. The first-order valence-electron chi connectivity index (χ1n) is 6.92. The highest BCUT2D eigenvalue weighted by molar-refractivity contribution is 6.42. The molecule has 1 N–H and O–H groups in total. The van der Waals surface area contributed by atoms with Crippen molar-refractivity contribution >= 4 is 23.2 Å². The maximum Gasteiger partial charge on any atom is 0.108 e. The van der Waals surface area contributed by atoms with E-state index in [0.29, 0.717) is 10.0 Å². The molecule has 1 aromatic heterocycles. The SMILES string of the molecule is CCCNC(c1ccc(Cl)c(Cl)c1)c1ccoc1CC.